The molecule has 0 saturated heterocycles. The second-order valence-electron chi connectivity index (χ2n) is 5.49. The van der Waals surface area contributed by atoms with E-state index in [1.54, 1.807) is 0 Å². The molecule has 1 aromatic heterocycles. The lowest BCUT2D eigenvalue weighted by molar-refractivity contribution is 0.238. The van der Waals surface area contributed by atoms with Gasteiger partial charge in [-0.1, -0.05) is 25.1 Å². The fraction of sp³-hybridized carbons (Fsp3) is 0.471. The van der Waals surface area contributed by atoms with Crippen LogP contribution in [0.5, 0.6) is 5.75 Å². The topological polar surface area (TPSA) is 39.1 Å². The lowest BCUT2D eigenvalue weighted by Crippen LogP contribution is -2.26. The van der Waals surface area contributed by atoms with Crippen molar-refractivity contribution in [2.75, 3.05) is 6.54 Å². The number of benzene rings is 1. The minimum Gasteiger partial charge on any atom is -0.491 e. The zero-order chi connectivity index (χ0) is 15.2. The molecule has 0 aliphatic heterocycles. The van der Waals surface area contributed by atoms with Crippen molar-refractivity contribution in [3.8, 4) is 5.75 Å². The minimum atomic E-state index is 0.0416. The van der Waals surface area contributed by atoms with E-state index >= 15 is 0 Å². The number of ether oxygens (including phenoxy) is 1. The number of aryl methyl sites for hydroxylation is 1. The Balaban J connectivity index is 2.39. The molecule has 0 bridgehead atoms. The molecule has 21 heavy (non-hydrogen) atoms. The molecular weight excluding hydrogens is 262 g/mol. The highest BCUT2D eigenvalue weighted by Crippen LogP contribution is 2.29. The van der Waals surface area contributed by atoms with Crippen molar-refractivity contribution in [1.29, 1.82) is 0 Å². The van der Waals surface area contributed by atoms with Gasteiger partial charge in [-0.3, -0.25) is 0 Å². The van der Waals surface area contributed by atoms with Crippen molar-refractivity contribution in [1.82, 2.24) is 14.9 Å². The number of imidazole rings is 1. The molecule has 1 atom stereocenters. The van der Waals surface area contributed by atoms with Gasteiger partial charge in [0, 0.05) is 25.0 Å². The normalized spacial score (nSPS) is 12.6. The Morgan fingerprint density at radius 1 is 1.29 bits per heavy atom. The lowest BCUT2D eigenvalue weighted by Gasteiger charge is -2.22. The molecule has 114 valence electrons. The first kappa shape index (κ1) is 15.6. The Labute approximate surface area is 127 Å². The van der Waals surface area contributed by atoms with Gasteiger partial charge in [-0.25, -0.2) is 4.98 Å². The van der Waals surface area contributed by atoms with Crippen LogP contribution in [-0.2, 0) is 7.05 Å². The quantitative estimate of drug-likeness (QED) is 0.849. The standard InChI is InChI=1S/C17H25N3O/c1-5-10-18-16(17-19-11-12-20(17)4)14-8-6-7-9-15(14)21-13(2)3/h6-9,11-13,16,18H,5,10H2,1-4H3. The van der Waals surface area contributed by atoms with Crippen LogP contribution in [0.1, 0.15) is 44.6 Å². The van der Waals surface area contributed by atoms with Gasteiger partial charge in [0.05, 0.1) is 12.1 Å². The molecule has 4 heteroatoms. The fourth-order valence-electron chi connectivity index (χ4n) is 2.36. The van der Waals surface area contributed by atoms with Gasteiger partial charge in [-0.15, -0.1) is 0 Å². The summed E-state index contributed by atoms with van der Waals surface area (Å²) in [5.41, 5.74) is 1.13. The third kappa shape index (κ3) is 3.85. The molecule has 0 spiro atoms. The van der Waals surface area contributed by atoms with Gasteiger partial charge in [0.2, 0.25) is 0 Å². The van der Waals surface area contributed by atoms with Crippen LogP contribution in [0.25, 0.3) is 0 Å². The maximum atomic E-state index is 5.97. The number of aromatic nitrogens is 2. The first-order valence-electron chi connectivity index (χ1n) is 7.59. The van der Waals surface area contributed by atoms with Gasteiger partial charge in [0.25, 0.3) is 0 Å². The molecule has 4 nitrogen and oxygen atoms in total. The second kappa shape index (κ2) is 7.27. The lowest BCUT2D eigenvalue weighted by atomic mass is 10.0. The predicted octanol–water partition coefficient (Wildman–Crippen LogP) is 3.30. The first-order valence-corrected chi connectivity index (χ1v) is 7.59. The van der Waals surface area contributed by atoms with Crippen LogP contribution in [0, 0.1) is 0 Å². The third-order valence-corrected chi connectivity index (χ3v) is 3.31. The van der Waals surface area contributed by atoms with Crippen LogP contribution in [0.3, 0.4) is 0 Å². The predicted molar refractivity (Wildman–Crippen MR) is 85.6 cm³/mol. The SMILES string of the molecule is CCCNC(c1ccccc1OC(C)C)c1nccn1C. The van der Waals surface area contributed by atoms with Crippen molar-refractivity contribution in [2.45, 2.75) is 39.3 Å². The molecule has 1 N–H and O–H groups in total. The molecular formula is C17H25N3O. The van der Waals surface area contributed by atoms with E-state index in [9.17, 15) is 0 Å². The van der Waals surface area contributed by atoms with Gasteiger partial charge < -0.3 is 14.6 Å². The van der Waals surface area contributed by atoms with Crippen LogP contribution >= 0.6 is 0 Å². The summed E-state index contributed by atoms with van der Waals surface area (Å²) in [7, 11) is 2.02. The molecule has 1 unspecified atom stereocenters. The number of para-hydroxylation sites is 1. The smallest absolute Gasteiger partial charge is 0.130 e. The molecule has 0 amide bonds. The van der Waals surface area contributed by atoms with Crippen LogP contribution in [0.15, 0.2) is 36.7 Å². The number of hydrogen-bond donors (Lipinski definition) is 1. The highest BCUT2D eigenvalue weighted by Gasteiger charge is 2.21. The molecule has 1 aromatic carbocycles. The van der Waals surface area contributed by atoms with Gasteiger partial charge in [-0.2, -0.15) is 0 Å². The van der Waals surface area contributed by atoms with Crippen molar-refractivity contribution in [3.63, 3.8) is 0 Å². The van der Waals surface area contributed by atoms with E-state index in [1.165, 1.54) is 0 Å². The highest BCUT2D eigenvalue weighted by molar-refractivity contribution is 5.39. The van der Waals surface area contributed by atoms with Crippen molar-refractivity contribution in [2.24, 2.45) is 7.05 Å². The minimum absolute atomic E-state index is 0.0416. The van der Waals surface area contributed by atoms with E-state index in [1.807, 2.05) is 51.5 Å². The summed E-state index contributed by atoms with van der Waals surface area (Å²) in [4.78, 5) is 4.51. The van der Waals surface area contributed by atoms with Gasteiger partial charge >= 0.3 is 0 Å². The number of rotatable bonds is 7. The van der Waals surface area contributed by atoms with Crippen LogP contribution in [-0.4, -0.2) is 22.2 Å². The maximum Gasteiger partial charge on any atom is 0.130 e. The van der Waals surface area contributed by atoms with Crippen LogP contribution in [0.4, 0.5) is 0 Å². The van der Waals surface area contributed by atoms with E-state index in [2.05, 4.69) is 27.9 Å². The Morgan fingerprint density at radius 3 is 2.67 bits per heavy atom. The van der Waals surface area contributed by atoms with Gasteiger partial charge in [-0.05, 0) is 32.9 Å². The van der Waals surface area contributed by atoms with Crippen LogP contribution in [0.2, 0.25) is 0 Å². The van der Waals surface area contributed by atoms with Crippen molar-refractivity contribution in [3.05, 3.63) is 48.0 Å². The van der Waals surface area contributed by atoms with E-state index in [0.717, 1.165) is 30.1 Å². The van der Waals surface area contributed by atoms with E-state index < -0.39 is 0 Å². The second-order valence-corrected chi connectivity index (χ2v) is 5.49. The summed E-state index contributed by atoms with van der Waals surface area (Å²) in [6, 6.07) is 8.24. The maximum absolute atomic E-state index is 5.97. The summed E-state index contributed by atoms with van der Waals surface area (Å²) >= 11 is 0. The molecule has 2 rings (SSSR count). The molecule has 0 radical (unpaired) electrons. The van der Waals surface area contributed by atoms with Crippen molar-refractivity contribution < 1.29 is 4.74 Å². The largest absolute Gasteiger partial charge is 0.491 e. The van der Waals surface area contributed by atoms with Crippen molar-refractivity contribution >= 4 is 0 Å². The van der Waals surface area contributed by atoms with Crippen LogP contribution < -0.4 is 10.1 Å². The monoisotopic (exact) mass is 287 g/mol. The number of nitrogens with one attached hydrogen (secondary N) is 1. The average Bonchev–Trinajstić information content (AvgIpc) is 2.87. The zero-order valence-electron chi connectivity index (χ0n) is 13.3. The molecule has 0 saturated carbocycles. The summed E-state index contributed by atoms with van der Waals surface area (Å²) < 4.78 is 8.02. The van der Waals surface area contributed by atoms with Gasteiger partial charge in [0.15, 0.2) is 0 Å². The number of nitrogens with zero attached hydrogens (tertiary/aromatic N) is 2. The first-order chi connectivity index (χ1) is 10.1. The molecule has 0 fully saturated rings. The van der Waals surface area contributed by atoms with E-state index in [-0.39, 0.29) is 12.1 Å². The third-order valence-electron chi connectivity index (χ3n) is 3.31. The summed E-state index contributed by atoms with van der Waals surface area (Å²) in [5.74, 6) is 1.92. The molecule has 0 aliphatic carbocycles. The Morgan fingerprint density at radius 2 is 2.05 bits per heavy atom. The molecule has 1 heterocycles. The summed E-state index contributed by atoms with van der Waals surface area (Å²) in [6.07, 6.45) is 5.04. The van der Waals surface area contributed by atoms with Gasteiger partial charge in [0.1, 0.15) is 11.6 Å². The average molecular weight is 287 g/mol. The Kier molecular flexibility index (Phi) is 5.39. The van der Waals surface area contributed by atoms with E-state index in [4.69, 9.17) is 4.74 Å². The summed E-state index contributed by atoms with van der Waals surface area (Å²) in [5, 5.41) is 3.58. The van der Waals surface area contributed by atoms with E-state index in [0.29, 0.717) is 0 Å². The Hall–Kier alpha value is -1.81. The number of hydrogen-bond acceptors (Lipinski definition) is 3. The summed E-state index contributed by atoms with van der Waals surface area (Å²) in [6.45, 7) is 7.20. The molecule has 0 aliphatic rings. The highest BCUT2D eigenvalue weighted by atomic mass is 16.5. The molecule has 2 aromatic rings. The fourth-order valence-corrected chi connectivity index (χ4v) is 2.36. The zero-order valence-corrected chi connectivity index (χ0v) is 13.3. The Bertz CT molecular complexity index is 563.